The molecule has 7 heteroatoms. The highest BCUT2D eigenvalue weighted by atomic mass is 35.5. The Kier molecular flexibility index (Phi) is 7.74. The van der Waals surface area contributed by atoms with Crippen molar-refractivity contribution < 1.29 is 13.2 Å². The molecule has 0 amide bonds. The van der Waals surface area contributed by atoms with E-state index in [-0.39, 0.29) is 17.4 Å². The highest BCUT2D eigenvalue weighted by molar-refractivity contribution is 6.31. The van der Waals surface area contributed by atoms with Crippen LogP contribution in [0, 0.1) is 0 Å². The third-order valence-electron chi connectivity index (χ3n) is 2.69. The Morgan fingerprint density at radius 3 is 2.37 bits per heavy atom. The van der Waals surface area contributed by atoms with Gasteiger partial charge >= 0.3 is 6.18 Å². The molecule has 4 N–H and O–H groups in total. The van der Waals surface area contributed by atoms with Gasteiger partial charge in [-0.1, -0.05) is 18.0 Å². The topological polar surface area (TPSA) is 52.0 Å². The maximum Gasteiger partial charge on any atom is 0.416 e. The number of nitrogens with two attached hydrogens (primary N) is 2. The molecule has 0 saturated heterocycles. The summed E-state index contributed by atoms with van der Waals surface area (Å²) < 4.78 is 37.7. The molecule has 0 aliphatic heterocycles. The number of hydrogen-bond donors (Lipinski definition) is 2. The van der Waals surface area contributed by atoms with Crippen LogP contribution in [-0.2, 0) is 6.18 Å². The summed E-state index contributed by atoms with van der Waals surface area (Å²) in [4.78, 5) is 0. The maximum atomic E-state index is 12.6. The lowest BCUT2D eigenvalue weighted by molar-refractivity contribution is -0.137. The third kappa shape index (κ3) is 5.57. The van der Waals surface area contributed by atoms with Crippen molar-refractivity contribution in [3.63, 3.8) is 0 Å². The van der Waals surface area contributed by atoms with Crippen molar-refractivity contribution in [2.45, 2.75) is 31.5 Å². The van der Waals surface area contributed by atoms with Gasteiger partial charge in [-0.15, -0.1) is 12.4 Å². The van der Waals surface area contributed by atoms with E-state index in [0.717, 1.165) is 25.0 Å². The van der Waals surface area contributed by atoms with Gasteiger partial charge in [0.25, 0.3) is 0 Å². The smallest absolute Gasteiger partial charge is 0.330 e. The first-order valence-corrected chi connectivity index (χ1v) is 6.06. The van der Waals surface area contributed by atoms with Gasteiger partial charge in [-0.2, -0.15) is 13.2 Å². The number of unbranched alkanes of at least 4 members (excludes halogenated alkanes) is 1. The fraction of sp³-hybridized carbons (Fsp3) is 0.500. The number of rotatable bonds is 5. The molecule has 110 valence electrons. The number of halogens is 5. The summed E-state index contributed by atoms with van der Waals surface area (Å²) in [5, 5.41) is 0.267. The van der Waals surface area contributed by atoms with Crippen LogP contribution in [0.4, 0.5) is 13.2 Å². The summed E-state index contributed by atoms with van der Waals surface area (Å²) in [5.74, 6) is 0. The quantitative estimate of drug-likeness (QED) is 0.809. The van der Waals surface area contributed by atoms with Crippen LogP contribution in [0.5, 0.6) is 0 Å². The van der Waals surface area contributed by atoms with Gasteiger partial charge in [0.15, 0.2) is 0 Å². The van der Waals surface area contributed by atoms with Crippen molar-refractivity contribution in [1.82, 2.24) is 0 Å². The van der Waals surface area contributed by atoms with Crippen LogP contribution in [0.15, 0.2) is 18.2 Å². The molecule has 1 aromatic rings. The van der Waals surface area contributed by atoms with E-state index >= 15 is 0 Å². The molecule has 0 unspecified atom stereocenters. The van der Waals surface area contributed by atoms with Gasteiger partial charge in [-0.3, -0.25) is 0 Å². The Morgan fingerprint density at radius 2 is 1.84 bits per heavy atom. The predicted octanol–water partition coefficient (Wildman–Crippen LogP) is 3.91. The van der Waals surface area contributed by atoms with Crippen molar-refractivity contribution in [2.75, 3.05) is 6.54 Å². The number of alkyl halides is 3. The van der Waals surface area contributed by atoms with E-state index in [1.165, 1.54) is 6.07 Å². The highest BCUT2D eigenvalue weighted by Gasteiger charge is 2.31. The van der Waals surface area contributed by atoms with Crippen molar-refractivity contribution in [3.05, 3.63) is 34.3 Å². The molecule has 0 aliphatic carbocycles. The lowest BCUT2D eigenvalue weighted by atomic mass is 9.99. The van der Waals surface area contributed by atoms with Gasteiger partial charge in [0.2, 0.25) is 0 Å². The van der Waals surface area contributed by atoms with Gasteiger partial charge in [0.1, 0.15) is 0 Å². The molecule has 1 rings (SSSR count). The first-order chi connectivity index (χ1) is 8.36. The van der Waals surface area contributed by atoms with Crippen molar-refractivity contribution in [2.24, 2.45) is 11.5 Å². The van der Waals surface area contributed by atoms with E-state index in [9.17, 15) is 13.2 Å². The molecule has 0 aliphatic rings. The molecule has 0 fully saturated rings. The summed E-state index contributed by atoms with van der Waals surface area (Å²) in [5.41, 5.74) is 10.8. The predicted molar refractivity (Wildman–Crippen MR) is 73.5 cm³/mol. The third-order valence-corrected chi connectivity index (χ3v) is 3.04. The Morgan fingerprint density at radius 1 is 1.21 bits per heavy atom. The lowest BCUT2D eigenvalue weighted by Gasteiger charge is -2.16. The van der Waals surface area contributed by atoms with Gasteiger partial charge in [0.05, 0.1) is 5.56 Å². The van der Waals surface area contributed by atoms with Gasteiger partial charge in [-0.05, 0) is 43.1 Å². The summed E-state index contributed by atoms with van der Waals surface area (Å²) in [6, 6.07) is 2.72. The second-order valence-corrected chi connectivity index (χ2v) is 4.53. The van der Waals surface area contributed by atoms with E-state index in [0.29, 0.717) is 18.5 Å². The highest BCUT2D eigenvalue weighted by Crippen LogP contribution is 2.34. The Labute approximate surface area is 121 Å². The molecule has 1 atom stereocenters. The van der Waals surface area contributed by atoms with Crippen molar-refractivity contribution >= 4 is 24.0 Å². The minimum atomic E-state index is -4.38. The summed E-state index contributed by atoms with van der Waals surface area (Å²) in [6.07, 6.45) is -2.25. The minimum Gasteiger partial charge on any atom is -0.330 e. The van der Waals surface area contributed by atoms with E-state index in [4.69, 9.17) is 23.1 Å². The Hall–Kier alpha value is -0.490. The first-order valence-electron chi connectivity index (χ1n) is 5.68. The summed E-state index contributed by atoms with van der Waals surface area (Å²) in [6.45, 7) is 0.545. The molecular formula is C12H17Cl2F3N2. The van der Waals surface area contributed by atoms with Gasteiger partial charge in [-0.25, -0.2) is 0 Å². The van der Waals surface area contributed by atoms with Gasteiger partial charge in [0, 0.05) is 11.1 Å². The second-order valence-electron chi connectivity index (χ2n) is 4.13. The van der Waals surface area contributed by atoms with Crippen LogP contribution in [0.1, 0.15) is 36.4 Å². The van der Waals surface area contributed by atoms with Crippen LogP contribution in [0.25, 0.3) is 0 Å². The normalized spacial score (nSPS) is 12.9. The zero-order valence-corrected chi connectivity index (χ0v) is 11.8. The fourth-order valence-electron chi connectivity index (χ4n) is 1.67. The molecule has 0 heterocycles. The van der Waals surface area contributed by atoms with Crippen LogP contribution >= 0.6 is 24.0 Å². The zero-order chi connectivity index (χ0) is 13.8. The average Bonchev–Trinajstić information content (AvgIpc) is 2.28. The molecule has 19 heavy (non-hydrogen) atoms. The molecule has 1 aromatic carbocycles. The van der Waals surface area contributed by atoms with E-state index < -0.39 is 17.8 Å². The van der Waals surface area contributed by atoms with Crippen molar-refractivity contribution in [1.29, 1.82) is 0 Å². The standard InChI is InChI=1S/C12H16ClF3N2.ClH/c13-10-5-4-8(12(14,15)16)7-9(10)11(18)3-1-2-6-17;/h4-5,7,11H,1-3,6,17-18H2;1H/t11-;/m1./s1. The number of hydrogen-bond acceptors (Lipinski definition) is 2. The average molecular weight is 317 g/mol. The molecule has 0 radical (unpaired) electrons. The SMILES string of the molecule is Cl.NCCCC[C@@H](N)c1cc(C(F)(F)F)ccc1Cl. The maximum absolute atomic E-state index is 12.6. The van der Waals surface area contributed by atoms with Crippen LogP contribution in [-0.4, -0.2) is 6.54 Å². The molecule has 0 aromatic heterocycles. The van der Waals surface area contributed by atoms with Crippen LogP contribution in [0.2, 0.25) is 5.02 Å². The molecule has 0 bridgehead atoms. The monoisotopic (exact) mass is 316 g/mol. The summed E-state index contributed by atoms with van der Waals surface area (Å²) in [7, 11) is 0. The zero-order valence-electron chi connectivity index (χ0n) is 10.2. The van der Waals surface area contributed by atoms with Crippen LogP contribution in [0.3, 0.4) is 0 Å². The van der Waals surface area contributed by atoms with Crippen LogP contribution < -0.4 is 11.5 Å². The summed E-state index contributed by atoms with van der Waals surface area (Å²) >= 11 is 5.88. The Balaban J connectivity index is 0.00000324. The number of benzene rings is 1. The molecule has 2 nitrogen and oxygen atoms in total. The Bertz CT molecular complexity index is 397. The molecular weight excluding hydrogens is 300 g/mol. The van der Waals surface area contributed by atoms with Crippen molar-refractivity contribution in [3.8, 4) is 0 Å². The van der Waals surface area contributed by atoms with E-state index in [2.05, 4.69) is 0 Å². The second kappa shape index (κ2) is 7.94. The largest absolute Gasteiger partial charge is 0.416 e. The molecule has 0 saturated carbocycles. The first kappa shape index (κ1) is 18.5. The lowest BCUT2D eigenvalue weighted by Crippen LogP contribution is -2.14. The minimum absolute atomic E-state index is 0. The van der Waals surface area contributed by atoms with E-state index in [1.54, 1.807) is 0 Å². The van der Waals surface area contributed by atoms with Gasteiger partial charge < -0.3 is 11.5 Å². The fourth-order valence-corrected chi connectivity index (χ4v) is 1.93. The molecule has 0 spiro atoms. The van der Waals surface area contributed by atoms with E-state index in [1.807, 2.05) is 0 Å².